The maximum absolute atomic E-state index is 2.67. The molecule has 1 aliphatic carbocycles. The van der Waals surface area contributed by atoms with Crippen molar-refractivity contribution in [1.29, 1.82) is 0 Å². The third-order valence-corrected chi connectivity index (χ3v) is 4.96. The molecule has 1 spiro atoms. The molecule has 17 heavy (non-hydrogen) atoms. The van der Waals surface area contributed by atoms with Crippen LogP contribution in [0.3, 0.4) is 0 Å². The standard InChI is InChI=1S/C16H23N/c1-14-11-17(12-15-7-3-2-4-8-15)13-16(14)9-5-6-10-16/h2-4,7-8,14H,5-6,9-13H2,1H3. The third kappa shape index (κ3) is 2.13. The number of hydrogen-bond donors (Lipinski definition) is 0. The molecule has 1 aliphatic heterocycles. The molecule has 1 saturated carbocycles. The summed E-state index contributed by atoms with van der Waals surface area (Å²) in [5.41, 5.74) is 2.14. The molecule has 2 aliphatic rings. The second-order valence-electron chi connectivity index (χ2n) is 6.13. The molecule has 92 valence electrons. The molecule has 1 aromatic rings. The van der Waals surface area contributed by atoms with Gasteiger partial charge in [-0.1, -0.05) is 50.1 Å². The van der Waals surface area contributed by atoms with E-state index in [1.807, 2.05) is 0 Å². The zero-order valence-corrected chi connectivity index (χ0v) is 10.9. The highest BCUT2D eigenvalue weighted by atomic mass is 15.2. The fraction of sp³-hybridized carbons (Fsp3) is 0.625. The summed E-state index contributed by atoms with van der Waals surface area (Å²) in [6.07, 6.45) is 5.87. The van der Waals surface area contributed by atoms with Crippen LogP contribution in [-0.4, -0.2) is 18.0 Å². The van der Waals surface area contributed by atoms with Gasteiger partial charge in [0.05, 0.1) is 0 Å². The highest BCUT2D eigenvalue weighted by molar-refractivity contribution is 5.15. The van der Waals surface area contributed by atoms with E-state index >= 15 is 0 Å². The van der Waals surface area contributed by atoms with E-state index in [9.17, 15) is 0 Å². The fourth-order valence-corrected chi connectivity index (χ4v) is 3.94. The first kappa shape index (κ1) is 11.3. The molecule has 1 atom stereocenters. The first-order valence-corrected chi connectivity index (χ1v) is 7.05. The van der Waals surface area contributed by atoms with Crippen LogP contribution in [0.5, 0.6) is 0 Å². The average Bonchev–Trinajstić information content (AvgIpc) is 2.90. The van der Waals surface area contributed by atoms with Gasteiger partial charge in [-0.15, -0.1) is 0 Å². The van der Waals surface area contributed by atoms with Gasteiger partial charge in [0.1, 0.15) is 0 Å². The molecule has 1 nitrogen and oxygen atoms in total. The molecule has 0 bridgehead atoms. The summed E-state index contributed by atoms with van der Waals surface area (Å²) in [4.78, 5) is 2.67. The molecule has 1 unspecified atom stereocenters. The van der Waals surface area contributed by atoms with E-state index in [2.05, 4.69) is 42.2 Å². The zero-order valence-electron chi connectivity index (χ0n) is 10.9. The normalized spacial score (nSPS) is 27.9. The van der Waals surface area contributed by atoms with Crippen LogP contribution in [-0.2, 0) is 6.54 Å². The Kier molecular flexibility index (Phi) is 2.96. The maximum Gasteiger partial charge on any atom is 0.0234 e. The van der Waals surface area contributed by atoms with Crippen molar-refractivity contribution in [1.82, 2.24) is 4.90 Å². The Hall–Kier alpha value is -0.820. The lowest BCUT2D eigenvalue weighted by atomic mass is 9.78. The smallest absolute Gasteiger partial charge is 0.0234 e. The molecule has 1 heterocycles. The predicted octanol–water partition coefficient (Wildman–Crippen LogP) is 3.70. The summed E-state index contributed by atoms with van der Waals surface area (Å²) in [5.74, 6) is 0.897. The third-order valence-electron chi connectivity index (χ3n) is 4.96. The molecule has 0 radical (unpaired) electrons. The lowest BCUT2D eigenvalue weighted by molar-refractivity contribution is 0.229. The molecule has 3 rings (SSSR count). The van der Waals surface area contributed by atoms with Crippen molar-refractivity contribution in [3.8, 4) is 0 Å². The summed E-state index contributed by atoms with van der Waals surface area (Å²) >= 11 is 0. The van der Waals surface area contributed by atoms with E-state index in [0.29, 0.717) is 5.41 Å². The molecule has 0 N–H and O–H groups in total. The van der Waals surface area contributed by atoms with Gasteiger partial charge in [0, 0.05) is 19.6 Å². The molecular formula is C16H23N. The van der Waals surface area contributed by atoms with Crippen molar-refractivity contribution in [3.63, 3.8) is 0 Å². The van der Waals surface area contributed by atoms with Gasteiger partial charge in [-0.3, -0.25) is 4.90 Å². The monoisotopic (exact) mass is 229 g/mol. The molecule has 0 amide bonds. The minimum Gasteiger partial charge on any atom is -0.298 e. The van der Waals surface area contributed by atoms with Gasteiger partial charge in [-0.25, -0.2) is 0 Å². The number of nitrogens with zero attached hydrogens (tertiary/aromatic N) is 1. The quantitative estimate of drug-likeness (QED) is 0.747. The van der Waals surface area contributed by atoms with E-state index in [0.717, 1.165) is 12.5 Å². The van der Waals surface area contributed by atoms with E-state index in [1.54, 1.807) is 0 Å². The Labute approximate surface area is 105 Å². The molecular weight excluding hydrogens is 206 g/mol. The van der Waals surface area contributed by atoms with Crippen LogP contribution in [0.2, 0.25) is 0 Å². The average molecular weight is 229 g/mol. The van der Waals surface area contributed by atoms with Gasteiger partial charge < -0.3 is 0 Å². The fourth-order valence-electron chi connectivity index (χ4n) is 3.94. The van der Waals surface area contributed by atoms with Crippen LogP contribution in [0.4, 0.5) is 0 Å². The first-order valence-electron chi connectivity index (χ1n) is 7.05. The van der Waals surface area contributed by atoms with Gasteiger partial charge in [-0.2, -0.15) is 0 Å². The molecule has 1 aromatic carbocycles. The van der Waals surface area contributed by atoms with Crippen molar-refractivity contribution < 1.29 is 0 Å². The van der Waals surface area contributed by atoms with Crippen molar-refractivity contribution in [2.45, 2.75) is 39.2 Å². The number of benzene rings is 1. The van der Waals surface area contributed by atoms with Gasteiger partial charge in [-0.05, 0) is 29.7 Å². The summed E-state index contributed by atoms with van der Waals surface area (Å²) < 4.78 is 0. The second-order valence-corrected chi connectivity index (χ2v) is 6.13. The van der Waals surface area contributed by atoms with Crippen molar-refractivity contribution in [3.05, 3.63) is 35.9 Å². The Bertz CT molecular complexity index is 364. The molecule has 0 aromatic heterocycles. The summed E-state index contributed by atoms with van der Waals surface area (Å²) in [6.45, 7) is 6.25. The summed E-state index contributed by atoms with van der Waals surface area (Å²) in [7, 11) is 0. The Morgan fingerprint density at radius 2 is 1.88 bits per heavy atom. The van der Waals surface area contributed by atoms with Crippen LogP contribution >= 0.6 is 0 Å². The van der Waals surface area contributed by atoms with Gasteiger partial charge in [0.15, 0.2) is 0 Å². The van der Waals surface area contributed by atoms with E-state index < -0.39 is 0 Å². The Balaban J connectivity index is 1.67. The highest BCUT2D eigenvalue weighted by Gasteiger charge is 2.45. The lowest BCUT2D eigenvalue weighted by Gasteiger charge is -2.27. The van der Waals surface area contributed by atoms with Crippen LogP contribution in [0.1, 0.15) is 38.2 Å². The molecule has 2 fully saturated rings. The second kappa shape index (κ2) is 4.45. The van der Waals surface area contributed by atoms with Crippen molar-refractivity contribution in [2.24, 2.45) is 11.3 Å². The SMILES string of the molecule is CC1CN(Cc2ccccc2)CC12CCCC2. The predicted molar refractivity (Wildman–Crippen MR) is 71.8 cm³/mol. The van der Waals surface area contributed by atoms with Crippen LogP contribution in [0.25, 0.3) is 0 Å². The van der Waals surface area contributed by atoms with Crippen LogP contribution in [0.15, 0.2) is 30.3 Å². The van der Waals surface area contributed by atoms with Crippen LogP contribution in [0, 0.1) is 11.3 Å². The number of likely N-dealkylation sites (tertiary alicyclic amines) is 1. The summed E-state index contributed by atoms with van der Waals surface area (Å²) in [5, 5.41) is 0. The number of hydrogen-bond acceptors (Lipinski definition) is 1. The van der Waals surface area contributed by atoms with E-state index in [4.69, 9.17) is 0 Å². The first-order chi connectivity index (χ1) is 8.28. The van der Waals surface area contributed by atoms with Gasteiger partial charge in [0.2, 0.25) is 0 Å². The molecule has 1 saturated heterocycles. The topological polar surface area (TPSA) is 3.24 Å². The highest BCUT2D eigenvalue weighted by Crippen LogP contribution is 2.48. The van der Waals surface area contributed by atoms with Crippen LogP contribution < -0.4 is 0 Å². The van der Waals surface area contributed by atoms with Crippen molar-refractivity contribution >= 4 is 0 Å². The summed E-state index contributed by atoms with van der Waals surface area (Å²) in [6, 6.07) is 10.9. The van der Waals surface area contributed by atoms with E-state index in [-0.39, 0.29) is 0 Å². The Morgan fingerprint density at radius 1 is 1.18 bits per heavy atom. The van der Waals surface area contributed by atoms with Gasteiger partial charge >= 0.3 is 0 Å². The van der Waals surface area contributed by atoms with Crippen molar-refractivity contribution in [2.75, 3.05) is 13.1 Å². The van der Waals surface area contributed by atoms with Gasteiger partial charge in [0.25, 0.3) is 0 Å². The maximum atomic E-state index is 2.67. The Morgan fingerprint density at radius 3 is 2.59 bits per heavy atom. The largest absolute Gasteiger partial charge is 0.298 e. The minimum absolute atomic E-state index is 0.675. The minimum atomic E-state index is 0.675. The zero-order chi connectivity index (χ0) is 11.7. The lowest BCUT2D eigenvalue weighted by Crippen LogP contribution is -2.26. The number of rotatable bonds is 2. The van der Waals surface area contributed by atoms with E-state index in [1.165, 1.54) is 44.3 Å². The molecule has 1 heteroatoms.